The number of benzene rings is 2. The number of hydrogen-bond acceptors (Lipinski definition) is 3. The smallest absolute Gasteiger partial charge is 0.303 e. The summed E-state index contributed by atoms with van der Waals surface area (Å²) in [7, 11) is 0. The summed E-state index contributed by atoms with van der Waals surface area (Å²) in [5, 5.41) is 8.71. The Bertz CT molecular complexity index is 949. The zero-order chi connectivity index (χ0) is 22.6. The van der Waals surface area contributed by atoms with E-state index >= 15 is 0 Å². The standard InChI is InChI=1S/C27H34N2O3/c1-2-3-12-22-16-18-24(19-17-22)29-25(23-13-8-7-9-14-23)21-28-27(29)32-20-11-6-4-5-10-15-26(30)31/h7-9,13-14,16-19,21H,2-6,10-12,15,20H2,1H3,(H,30,31). The molecule has 170 valence electrons. The zero-order valence-electron chi connectivity index (χ0n) is 19.0. The number of imidazole rings is 1. The molecule has 0 unspecified atom stereocenters. The van der Waals surface area contributed by atoms with E-state index in [1.54, 1.807) is 0 Å². The third-order valence-corrected chi connectivity index (χ3v) is 5.58. The average molecular weight is 435 g/mol. The first kappa shape index (κ1) is 23.6. The molecule has 0 aliphatic carbocycles. The lowest BCUT2D eigenvalue weighted by Crippen LogP contribution is -2.05. The van der Waals surface area contributed by atoms with Gasteiger partial charge in [-0.25, -0.2) is 4.98 Å². The van der Waals surface area contributed by atoms with Gasteiger partial charge in [0.05, 0.1) is 24.2 Å². The predicted molar refractivity (Wildman–Crippen MR) is 128 cm³/mol. The fourth-order valence-corrected chi connectivity index (χ4v) is 3.76. The van der Waals surface area contributed by atoms with Gasteiger partial charge in [-0.05, 0) is 43.4 Å². The number of unbranched alkanes of at least 4 members (excludes halogenated alkanes) is 5. The number of carboxylic acid groups (broad SMARTS) is 1. The lowest BCUT2D eigenvalue weighted by Gasteiger charge is -2.13. The average Bonchev–Trinajstić information content (AvgIpc) is 3.24. The van der Waals surface area contributed by atoms with Crippen molar-refractivity contribution in [3.63, 3.8) is 0 Å². The van der Waals surface area contributed by atoms with Gasteiger partial charge in [0.15, 0.2) is 0 Å². The molecule has 5 heteroatoms. The Morgan fingerprint density at radius 3 is 2.38 bits per heavy atom. The molecule has 1 heterocycles. The Hall–Kier alpha value is -3.08. The molecule has 2 aromatic carbocycles. The van der Waals surface area contributed by atoms with Crippen molar-refractivity contribution in [3.8, 4) is 23.0 Å². The summed E-state index contributed by atoms with van der Waals surface area (Å²) in [6.45, 7) is 2.81. The van der Waals surface area contributed by atoms with Crippen molar-refractivity contribution < 1.29 is 14.6 Å². The van der Waals surface area contributed by atoms with Crippen LogP contribution in [0, 0.1) is 0 Å². The number of aliphatic carboxylic acids is 1. The SMILES string of the molecule is CCCCc1ccc(-n2c(-c3ccccc3)cnc2OCCCCCCCC(=O)O)cc1. The van der Waals surface area contributed by atoms with Crippen molar-refractivity contribution in [3.05, 3.63) is 66.4 Å². The van der Waals surface area contributed by atoms with Crippen LogP contribution < -0.4 is 4.74 Å². The summed E-state index contributed by atoms with van der Waals surface area (Å²) in [6, 6.07) is 19.5. The first-order valence-corrected chi connectivity index (χ1v) is 11.8. The topological polar surface area (TPSA) is 64.4 Å². The van der Waals surface area contributed by atoms with Gasteiger partial charge >= 0.3 is 12.0 Å². The van der Waals surface area contributed by atoms with Crippen LogP contribution in [0.15, 0.2) is 60.8 Å². The molecule has 3 aromatic rings. The molecule has 0 spiro atoms. The molecule has 0 bridgehead atoms. The zero-order valence-corrected chi connectivity index (χ0v) is 19.0. The van der Waals surface area contributed by atoms with E-state index in [0.29, 0.717) is 12.6 Å². The minimum absolute atomic E-state index is 0.257. The van der Waals surface area contributed by atoms with Crippen LogP contribution in [0.4, 0.5) is 0 Å². The maximum atomic E-state index is 10.6. The molecule has 0 amide bonds. The largest absolute Gasteiger partial charge is 0.481 e. The fourth-order valence-electron chi connectivity index (χ4n) is 3.76. The highest BCUT2D eigenvalue weighted by Gasteiger charge is 2.15. The Labute approximate surface area is 191 Å². The van der Waals surface area contributed by atoms with Crippen LogP contribution in [0.1, 0.15) is 63.9 Å². The highest BCUT2D eigenvalue weighted by molar-refractivity contribution is 5.66. The Balaban J connectivity index is 1.67. The second kappa shape index (κ2) is 12.7. The normalized spacial score (nSPS) is 10.9. The molecule has 1 aromatic heterocycles. The van der Waals surface area contributed by atoms with Crippen molar-refractivity contribution >= 4 is 5.97 Å². The van der Waals surface area contributed by atoms with Crippen LogP contribution in [0.3, 0.4) is 0 Å². The summed E-state index contributed by atoms with van der Waals surface area (Å²) >= 11 is 0. The van der Waals surface area contributed by atoms with Gasteiger partial charge in [-0.3, -0.25) is 9.36 Å². The van der Waals surface area contributed by atoms with Crippen molar-refractivity contribution in [2.75, 3.05) is 6.61 Å². The molecule has 0 aliphatic heterocycles. The molecular formula is C27H34N2O3. The molecular weight excluding hydrogens is 400 g/mol. The van der Waals surface area contributed by atoms with E-state index in [1.807, 2.05) is 24.4 Å². The van der Waals surface area contributed by atoms with Crippen LogP contribution in [-0.4, -0.2) is 27.2 Å². The number of aryl methyl sites for hydroxylation is 1. The number of aromatic nitrogens is 2. The van der Waals surface area contributed by atoms with Crippen molar-refractivity contribution in [1.82, 2.24) is 9.55 Å². The minimum atomic E-state index is -0.715. The van der Waals surface area contributed by atoms with Crippen LogP contribution in [-0.2, 0) is 11.2 Å². The summed E-state index contributed by atoms with van der Waals surface area (Å²) in [4.78, 5) is 15.2. The van der Waals surface area contributed by atoms with E-state index in [0.717, 1.165) is 55.5 Å². The fraction of sp³-hybridized carbons (Fsp3) is 0.407. The van der Waals surface area contributed by atoms with E-state index in [2.05, 4.69) is 52.9 Å². The van der Waals surface area contributed by atoms with Gasteiger partial charge in [0, 0.05) is 12.0 Å². The third kappa shape index (κ3) is 6.98. The molecule has 0 atom stereocenters. The molecule has 5 nitrogen and oxygen atoms in total. The number of carbonyl (C=O) groups is 1. The molecule has 32 heavy (non-hydrogen) atoms. The van der Waals surface area contributed by atoms with Gasteiger partial charge in [-0.15, -0.1) is 0 Å². The van der Waals surface area contributed by atoms with Crippen molar-refractivity contribution in [2.24, 2.45) is 0 Å². The Morgan fingerprint density at radius 1 is 0.938 bits per heavy atom. The molecule has 1 N–H and O–H groups in total. The first-order chi connectivity index (χ1) is 15.7. The molecule has 0 saturated heterocycles. The van der Waals surface area contributed by atoms with Gasteiger partial charge in [0.2, 0.25) is 0 Å². The predicted octanol–water partition coefficient (Wildman–Crippen LogP) is 6.69. The van der Waals surface area contributed by atoms with Crippen molar-refractivity contribution in [2.45, 2.75) is 64.7 Å². The van der Waals surface area contributed by atoms with E-state index in [4.69, 9.17) is 9.84 Å². The molecule has 0 aliphatic rings. The van der Waals surface area contributed by atoms with Gasteiger partial charge in [0.1, 0.15) is 0 Å². The highest BCUT2D eigenvalue weighted by Crippen LogP contribution is 2.29. The van der Waals surface area contributed by atoms with Gasteiger partial charge < -0.3 is 9.84 Å². The quantitative estimate of drug-likeness (QED) is 0.287. The number of rotatable bonds is 14. The van der Waals surface area contributed by atoms with E-state index in [-0.39, 0.29) is 6.42 Å². The highest BCUT2D eigenvalue weighted by atomic mass is 16.5. The van der Waals surface area contributed by atoms with Gasteiger partial charge in [-0.1, -0.05) is 75.1 Å². The minimum Gasteiger partial charge on any atom is -0.481 e. The molecule has 0 fully saturated rings. The maximum Gasteiger partial charge on any atom is 0.303 e. The van der Waals surface area contributed by atoms with Crippen molar-refractivity contribution in [1.29, 1.82) is 0 Å². The molecule has 0 saturated carbocycles. The summed E-state index contributed by atoms with van der Waals surface area (Å²) < 4.78 is 8.18. The van der Waals surface area contributed by atoms with Crippen LogP contribution in [0.25, 0.3) is 16.9 Å². The number of carboxylic acids is 1. The van der Waals surface area contributed by atoms with E-state index in [9.17, 15) is 4.79 Å². The van der Waals surface area contributed by atoms with Crippen LogP contribution in [0.2, 0.25) is 0 Å². The monoisotopic (exact) mass is 434 g/mol. The lowest BCUT2D eigenvalue weighted by molar-refractivity contribution is -0.137. The second-order valence-electron chi connectivity index (χ2n) is 8.16. The number of ether oxygens (including phenoxy) is 1. The maximum absolute atomic E-state index is 10.6. The first-order valence-electron chi connectivity index (χ1n) is 11.8. The van der Waals surface area contributed by atoms with Crippen LogP contribution >= 0.6 is 0 Å². The Morgan fingerprint density at radius 2 is 1.66 bits per heavy atom. The summed E-state index contributed by atoms with van der Waals surface area (Å²) in [6.07, 6.45) is 10.3. The summed E-state index contributed by atoms with van der Waals surface area (Å²) in [5.74, 6) is -0.715. The molecule has 3 rings (SSSR count). The summed E-state index contributed by atoms with van der Waals surface area (Å²) in [5.41, 5.74) is 4.51. The number of nitrogens with zero attached hydrogens (tertiary/aromatic N) is 2. The Kier molecular flexibility index (Phi) is 9.36. The third-order valence-electron chi connectivity index (χ3n) is 5.58. The lowest BCUT2D eigenvalue weighted by atomic mass is 10.1. The van der Waals surface area contributed by atoms with Gasteiger partial charge in [-0.2, -0.15) is 0 Å². The molecule has 0 radical (unpaired) electrons. The van der Waals surface area contributed by atoms with Crippen LogP contribution in [0.5, 0.6) is 6.01 Å². The van der Waals surface area contributed by atoms with E-state index < -0.39 is 5.97 Å². The second-order valence-corrected chi connectivity index (χ2v) is 8.16. The number of hydrogen-bond donors (Lipinski definition) is 1. The van der Waals surface area contributed by atoms with Gasteiger partial charge in [0.25, 0.3) is 0 Å². The van der Waals surface area contributed by atoms with E-state index in [1.165, 1.54) is 18.4 Å².